The summed E-state index contributed by atoms with van der Waals surface area (Å²) in [5.74, 6) is -1.99. The first-order valence-corrected chi connectivity index (χ1v) is 10.2. The molecule has 1 aromatic heterocycles. The Balaban J connectivity index is 1.48. The number of rotatable bonds is 3. The highest BCUT2D eigenvalue weighted by Crippen LogP contribution is 2.39. The lowest BCUT2D eigenvalue weighted by Crippen LogP contribution is -2.38. The molecule has 1 N–H and O–H groups in total. The van der Waals surface area contributed by atoms with Crippen LogP contribution in [0.1, 0.15) is 41.7 Å². The number of carbonyl (C=O) groups excluding carboxylic acids is 3. The van der Waals surface area contributed by atoms with Crippen LogP contribution >= 0.6 is 22.9 Å². The van der Waals surface area contributed by atoms with Gasteiger partial charge in [-0.3, -0.25) is 19.3 Å². The maximum atomic E-state index is 12.6. The van der Waals surface area contributed by atoms with Crippen LogP contribution < -0.4 is 5.32 Å². The van der Waals surface area contributed by atoms with E-state index >= 15 is 0 Å². The highest BCUT2D eigenvalue weighted by atomic mass is 35.5. The molecule has 0 radical (unpaired) electrons. The van der Waals surface area contributed by atoms with Crippen LogP contribution in [0.5, 0.6) is 0 Å². The Labute approximate surface area is 165 Å². The van der Waals surface area contributed by atoms with Crippen molar-refractivity contribution in [2.45, 2.75) is 38.5 Å². The number of thiophene rings is 1. The monoisotopic (exact) mass is 403 g/mol. The fourth-order valence-corrected chi connectivity index (χ4v) is 5.65. The van der Waals surface area contributed by atoms with Crippen molar-refractivity contribution in [3.8, 4) is 6.07 Å². The van der Waals surface area contributed by atoms with E-state index in [-0.39, 0.29) is 18.4 Å². The lowest BCUT2D eigenvalue weighted by Gasteiger charge is -2.17. The Morgan fingerprint density at radius 1 is 1.30 bits per heavy atom. The van der Waals surface area contributed by atoms with Crippen LogP contribution in [0.3, 0.4) is 0 Å². The summed E-state index contributed by atoms with van der Waals surface area (Å²) in [5, 5.41) is 13.3. The maximum absolute atomic E-state index is 12.6. The molecular weight excluding hydrogens is 386 g/mol. The van der Waals surface area contributed by atoms with E-state index in [9.17, 15) is 19.6 Å². The first kappa shape index (κ1) is 18.2. The summed E-state index contributed by atoms with van der Waals surface area (Å²) in [7, 11) is 0. The van der Waals surface area contributed by atoms with Gasteiger partial charge in [0.15, 0.2) is 0 Å². The van der Waals surface area contributed by atoms with Crippen LogP contribution in [0.15, 0.2) is 11.1 Å². The summed E-state index contributed by atoms with van der Waals surface area (Å²) in [4.78, 5) is 39.8. The van der Waals surface area contributed by atoms with Crippen LogP contribution in [0, 0.1) is 23.2 Å². The highest BCUT2D eigenvalue weighted by Gasteiger charge is 2.48. The second-order valence-corrected chi connectivity index (χ2v) is 8.73. The first-order valence-electron chi connectivity index (χ1n) is 9.03. The summed E-state index contributed by atoms with van der Waals surface area (Å²) < 4.78 is 0. The molecule has 3 amide bonds. The maximum Gasteiger partial charge on any atom is 0.245 e. The van der Waals surface area contributed by atoms with E-state index in [0.29, 0.717) is 28.4 Å². The number of likely N-dealkylation sites (tertiary alicyclic amines) is 1. The molecule has 1 aliphatic heterocycles. The topological polar surface area (TPSA) is 90.3 Å². The fourth-order valence-electron chi connectivity index (χ4n) is 4.13. The van der Waals surface area contributed by atoms with E-state index in [2.05, 4.69) is 11.4 Å². The van der Waals surface area contributed by atoms with Crippen LogP contribution in [-0.4, -0.2) is 29.2 Å². The molecular formula is C19H18ClN3O3S. The molecule has 2 atom stereocenters. The van der Waals surface area contributed by atoms with E-state index in [0.717, 1.165) is 41.0 Å². The number of nitriles is 1. The smallest absolute Gasteiger partial charge is 0.245 e. The zero-order valence-electron chi connectivity index (χ0n) is 14.6. The predicted molar refractivity (Wildman–Crippen MR) is 101 cm³/mol. The van der Waals surface area contributed by atoms with Crippen molar-refractivity contribution < 1.29 is 14.4 Å². The van der Waals surface area contributed by atoms with Gasteiger partial charge in [-0.15, -0.1) is 11.3 Å². The molecule has 0 saturated carbocycles. The van der Waals surface area contributed by atoms with Gasteiger partial charge in [0.1, 0.15) is 17.6 Å². The average Bonchev–Trinajstić information content (AvgIpc) is 3.11. The molecule has 0 unspecified atom stereocenters. The lowest BCUT2D eigenvalue weighted by molar-refractivity contribution is -0.142. The van der Waals surface area contributed by atoms with Gasteiger partial charge in [-0.1, -0.05) is 17.7 Å². The van der Waals surface area contributed by atoms with Gasteiger partial charge in [0.2, 0.25) is 17.7 Å². The van der Waals surface area contributed by atoms with Gasteiger partial charge in [0.05, 0.1) is 17.4 Å². The number of nitrogens with zero attached hydrogens (tertiary/aromatic N) is 2. The standard InChI is InChI=1S/C19H18ClN3O3S/c20-10-5-6-12-13(7-10)19(26)23(18(12)25)9-16(24)22-17-14(8-21)11-3-1-2-4-15(11)27-17/h5,12-13H,1-4,6-7,9H2,(H,22,24)/t12-,13+/m1/s1. The molecule has 1 aromatic rings. The molecule has 27 heavy (non-hydrogen) atoms. The normalized spacial score (nSPS) is 24.1. The third kappa shape index (κ3) is 3.17. The van der Waals surface area contributed by atoms with E-state index in [4.69, 9.17) is 11.6 Å². The zero-order chi connectivity index (χ0) is 19.1. The molecule has 8 heteroatoms. The van der Waals surface area contributed by atoms with E-state index in [1.807, 2.05) is 0 Å². The number of imide groups is 1. The molecule has 1 fully saturated rings. The molecule has 0 bridgehead atoms. The summed E-state index contributed by atoms with van der Waals surface area (Å²) in [6, 6.07) is 2.19. The van der Waals surface area contributed by atoms with E-state index in [1.54, 1.807) is 6.08 Å². The molecule has 6 nitrogen and oxygen atoms in total. The lowest BCUT2D eigenvalue weighted by atomic mass is 9.85. The van der Waals surface area contributed by atoms with Crippen molar-refractivity contribution in [3.63, 3.8) is 0 Å². The van der Waals surface area contributed by atoms with Crippen molar-refractivity contribution >= 4 is 45.7 Å². The van der Waals surface area contributed by atoms with Gasteiger partial charge in [0.25, 0.3) is 0 Å². The SMILES string of the molecule is N#Cc1c(NC(=O)CN2C(=O)[C@H]3CC(Cl)=CC[C@H]3C2=O)sc2c1CCCC2. The Hall–Kier alpha value is -2.17. The number of hydrogen-bond acceptors (Lipinski definition) is 5. The molecule has 4 rings (SSSR count). The highest BCUT2D eigenvalue weighted by molar-refractivity contribution is 7.16. The van der Waals surface area contributed by atoms with Gasteiger partial charge in [-0.25, -0.2) is 0 Å². The Morgan fingerprint density at radius 3 is 2.81 bits per heavy atom. The zero-order valence-corrected chi connectivity index (χ0v) is 16.2. The largest absolute Gasteiger partial charge is 0.315 e. The number of halogens is 1. The van der Waals surface area contributed by atoms with Crippen molar-refractivity contribution in [1.82, 2.24) is 4.90 Å². The predicted octanol–water partition coefficient (Wildman–Crippen LogP) is 2.95. The second-order valence-electron chi connectivity index (χ2n) is 7.14. The first-order chi connectivity index (χ1) is 13.0. The van der Waals surface area contributed by atoms with Gasteiger partial charge in [-0.05, 0) is 44.1 Å². The number of allylic oxidation sites excluding steroid dienone is 2. The number of nitrogens with one attached hydrogen (secondary N) is 1. The van der Waals surface area contributed by atoms with Crippen molar-refractivity contribution in [1.29, 1.82) is 5.26 Å². The molecule has 2 heterocycles. The van der Waals surface area contributed by atoms with Gasteiger partial charge in [0, 0.05) is 9.91 Å². The Kier molecular flexibility index (Phi) is 4.79. The van der Waals surface area contributed by atoms with Crippen LogP contribution in [0.25, 0.3) is 0 Å². The molecule has 2 aliphatic carbocycles. The number of fused-ring (bicyclic) bond motifs is 2. The van der Waals surface area contributed by atoms with Crippen molar-refractivity contribution in [3.05, 3.63) is 27.1 Å². The van der Waals surface area contributed by atoms with Gasteiger partial charge < -0.3 is 5.32 Å². The van der Waals surface area contributed by atoms with E-state index in [1.165, 1.54) is 11.3 Å². The quantitative estimate of drug-likeness (QED) is 0.785. The van der Waals surface area contributed by atoms with Gasteiger partial charge in [-0.2, -0.15) is 5.26 Å². The summed E-state index contributed by atoms with van der Waals surface area (Å²) in [6.45, 7) is -0.324. The molecule has 0 spiro atoms. The van der Waals surface area contributed by atoms with Crippen LogP contribution in [0.4, 0.5) is 5.00 Å². The summed E-state index contributed by atoms with van der Waals surface area (Å²) >= 11 is 7.44. The number of carbonyl (C=O) groups is 3. The molecule has 0 aromatic carbocycles. The summed E-state index contributed by atoms with van der Waals surface area (Å²) in [6.07, 6.45) is 6.46. The number of anilines is 1. The van der Waals surface area contributed by atoms with Crippen molar-refractivity contribution in [2.75, 3.05) is 11.9 Å². The number of amides is 3. The Bertz CT molecular complexity index is 914. The average molecular weight is 404 g/mol. The number of hydrogen-bond donors (Lipinski definition) is 1. The van der Waals surface area contributed by atoms with Crippen molar-refractivity contribution in [2.24, 2.45) is 11.8 Å². The van der Waals surface area contributed by atoms with Crippen LogP contribution in [-0.2, 0) is 27.2 Å². The van der Waals surface area contributed by atoms with Gasteiger partial charge >= 0.3 is 0 Å². The summed E-state index contributed by atoms with van der Waals surface area (Å²) in [5.41, 5.74) is 1.55. The fraction of sp³-hybridized carbons (Fsp3) is 0.474. The third-order valence-corrected chi connectivity index (χ3v) is 7.01. The minimum atomic E-state index is -0.466. The Morgan fingerprint density at radius 2 is 2.04 bits per heavy atom. The van der Waals surface area contributed by atoms with E-state index < -0.39 is 17.7 Å². The van der Waals surface area contributed by atoms with Crippen LogP contribution in [0.2, 0.25) is 0 Å². The minimum Gasteiger partial charge on any atom is -0.315 e. The third-order valence-electron chi connectivity index (χ3n) is 5.50. The molecule has 3 aliphatic rings. The molecule has 1 saturated heterocycles. The second kappa shape index (κ2) is 7.10. The number of aryl methyl sites for hydroxylation is 1. The molecule has 140 valence electrons. The minimum absolute atomic E-state index is 0.313.